The van der Waals surface area contributed by atoms with Crippen molar-refractivity contribution < 1.29 is 9.47 Å². The third-order valence-corrected chi connectivity index (χ3v) is 2.19. The van der Waals surface area contributed by atoms with Crippen LogP contribution >= 0.6 is 11.6 Å². The third kappa shape index (κ3) is 2.05. The molecule has 72 valence electrons. The van der Waals surface area contributed by atoms with Crippen molar-refractivity contribution in [1.82, 2.24) is 0 Å². The Bertz CT molecular complexity index is 277. The molecule has 0 saturated carbocycles. The van der Waals surface area contributed by atoms with Crippen LogP contribution in [0.25, 0.3) is 0 Å². The number of rotatable bonds is 3. The minimum Gasteiger partial charge on any atom is -0.497 e. The fourth-order valence-corrected chi connectivity index (χ4v) is 1.31. The molecule has 0 spiro atoms. The molecule has 0 radical (unpaired) electrons. The van der Waals surface area contributed by atoms with E-state index in [9.17, 15) is 0 Å². The van der Waals surface area contributed by atoms with Gasteiger partial charge in [-0.3, -0.25) is 0 Å². The molecule has 3 nitrogen and oxygen atoms in total. The van der Waals surface area contributed by atoms with E-state index < -0.39 is 0 Å². The number of hydrogen-bond acceptors (Lipinski definition) is 3. The van der Waals surface area contributed by atoms with Crippen molar-refractivity contribution in [3.8, 4) is 11.5 Å². The Labute approximate surface area is 82.4 Å². The number of benzene rings is 1. The van der Waals surface area contributed by atoms with Crippen molar-refractivity contribution in [2.45, 2.75) is 6.54 Å². The van der Waals surface area contributed by atoms with Gasteiger partial charge in [-0.25, -0.2) is 0 Å². The summed E-state index contributed by atoms with van der Waals surface area (Å²) in [7, 11) is 3.14. The first-order valence-corrected chi connectivity index (χ1v) is 4.21. The Hall–Kier alpha value is -0.930. The van der Waals surface area contributed by atoms with Crippen molar-refractivity contribution >= 4 is 11.6 Å². The lowest BCUT2D eigenvalue weighted by Crippen LogP contribution is -1.99. The van der Waals surface area contributed by atoms with Gasteiger partial charge in [0.15, 0.2) is 0 Å². The standard InChI is InChI=1S/C9H12ClNO2/c1-12-7-3-6(5-11)9(10)8(4-7)13-2/h3-4H,5,11H2,1-2H3. The van der Waals surface area contributed by atoms with E-state index in [-0.39, 0.29) is 0 Å². The average molecular weight is 202 g/mol. The van der Waals surface area contributed by atoms with Gasteiger partial charge in [0, 0.05) is 12.6 Å². The fraction of sp³-hybridized carbons (Fsp3) is 0.333. The van der Waals surface area contributed by atoms with Crippen molar-refractivity contribution in [2.75, 3.05) is 14.2 Å². The Morgan fingerprint density at radius 1 is 1.31 bits per heavy atom. The summed E-state index contributed by atoms with van der Waals surface area (Å²) in [5.74, 6) is 1.28. The SMILES string of the molecule is COc1cc(CN)c(Cl)c(OC)c1. The highest BCUT2D eigenvalue weighted by atomic mass is 35.5. The van der Waals surface area contributed by atoms with E-state index in [0.717, 1.165) is 5.56 Å². The van der Waals surface area contributed by atoms with Crippen molar-refractivity contribution in [3.05, 3.63) is 22.7 Å². The summed E-state index contributed by atoms with van der Waals surface area (Å²) in [5.41, 5.74) is 6.32. The van der Waals surface area contributed by atoms with Crippen molar-refractivity contribution in [1.29, 1.82) is 0 Å². The maximum atomic E-state index is 5.98. The molecule has 1 aromatic carbocycles. The lowest BCUT2D eigenvalue weighted by Gasteiger charge is -2.09. The van der Waals surface area contributed by atoms with E-state index >= 15 is 0 Å². The molecule has 1 aromatic rings. The molecular formula is C9H12ClNO2. The Kier molecular flexibility index (Phi) is 3.39. The Morgan fingerprint density at radius 2 is 2.00 bits per heavy atom. The molecule has 0 fully saturated rings. The largest absolute Gasteiger partial charge is 0.497 e. The molecule has 4 heteroatoms. The number of hydrogen-bond donors (Lipinski definition) is 1. The number of halogens is 1. The number of methoxy groups -OCH3 is 2. The highest BCUT2D eigenvalue weighted by Gasteiger charge is 2.08. The van der Waals surface area contributed by atoms with Crippen LogP contribution in [-0.4, -0.2) is 14.2 Å². The monoisotopic (exact) mass is 201 g/mol. The van der Waals surface area contributed by atoms with Gasteiger partial charge in [-0.15, -0.1) is 0 Å². The molecule has 1 rings (SSSR count). The molecule has 2 N–H and O–H groups in total. The van der Waals surface area contributed by atoms with Crippen LogP contribution in [0.1, 0.15) is 5.56 Å². The van der Waals surface area contributed by atoms with Gasteiger partial charge < -0.3 is 15.2 Å². The summed E-state index contributed by atoms with van der Waals surface area (Å²) in [6, 6.07) is 3.52. The van der Waals surface area contributed by atoms with Gasteiger partial charge in [-0.2, -0.15) is 0 Å². The van der Waals surface area contributed by atoms with E-state index in [2.05, 4.69) is 0 Å². The van der Waals surface area contributed by atoms with E-state index in [1.807, 2.05) is 0 Å². The zero-order valence-electron chi connectivity index (χ0n) is 7.63. The van der Waals surface area contributed by atoms with E-state index in [1.54, 1.807) is 26.4 Å². The van der Waals surface area contributed by atoms with Crippen molar-refractivity contribution in [2.24, 2.45) is 5.73 Å². The minimum atomic E-state index is 0.367. The fourth-order valence-electron chi connectivity index (χ4n) is 1.04. The van der Waals surface area contributed by atoms with Gasteiger partial charge >= 0.3 is 0 Å². The molecule has 0 bridgehead atoms. The van der Waals surface area contributed by atoms with Gasteiger partial charge in [0.25, 0.3) is 0 Å². The predicted octanol–water partition coefficient (Wildman–Crippen LogP) is 1.82. The zero-order valence-corrected chi connectivity index (χ0v) is 8.39. The highest BCUT2D eigenvalue weighted by molar-refractivity contribution is 6.32. The molecule has 0 aliphatic rings. The molecule has 13 heavy (non-hydrogen) atoms. The van der Waals surface area contributed by atoms with Crippen LogP contribution in [0.15, 0.2) is 12.1 Å². The highest BCUT2D eigenvalue weighted by Crippen LogP contribution is 2.32. The summed E-state index contributed by atoms with van der Waals surface area (Å²) in [6.07, 6.45) is 0. The lowest BCUT2D eigenvalue weighted by molar-refractivity contribution is 0.393. The molecule has 0 aliphatic heterocycles. The van der Waals surface area contributed by atoms with Gasteiger partial charge in [-0.05, 0) is 11.6 Å². The molecule has 0 amide bonds. The smallest absolute Gasteiger partial charge is 0.141 e. The first-order valence-electron chi connectivity index (χ1n) is 3.83. The normalized spacial score (nSPS) is 9.85. The van der Waals surface area contributed by atoms with E-state index in [1.165, 1.54) is 0 Å². The molecule has 0 aliphatic carbocycles. The van der Waals surface area contributed by atoms with E-state index in [4.69, 9.17) is 26.8 Å². The molecule has 0 heterocycles. The first-order chi connectivity index (χ1) is 6.22. The molecular weight excluding hydrogens is 190 g/mol. The van der Waals surface area contributed by atoms with Crippen LogP contribution in [0, 0.1) is 0 Å². The van der Waals surface area contributed by atoms with Crippen molar-refractivity contribution in [3.63, 3.8) is 0 Å². The predicted molar refractivity (Wildman–Crippen MR) is 52.4 cm³/mol. The average Bonchev–Trinajstić information content (AvgIpc) is 2.18. The summed E-state index contributed by atoms with van der Waals surface area (Å²) in [5, 5.41) is 0.547. The minimum absolute atomic E-state index is 0.367. The summed E-state index contributed by atoms with van der Waals surface area (Å²) >= 11 is 5.98. The molecule has 0 aromatic heterocycles. The van der Waals surface area contributed by atoms with Crippen LogP contribution in [0.2, 0.25) is 5.02 Å². The van der Waals surface area contributed by atoms with Crippen LogP contribution in [0.4, 0.5) is 0 Å². The summed E-state index contributed by atoms with van der Waals surface area (Å²) < 4.78 is 10.1. The maximum Gasteiger partial charge on any atom is 0.141 e. The first kappa shape index (κ1) is 10.2. The second kappa shape index (κ2) is 4.35. The summed E-state index contributed by atoms with van der Waals surface area (Å²) in [4.78, 5) is 0. The second-order valence-electron chi connectivity index (χ2n) is 2.51. The van der Waals surface area contributed by atoms with Crippen LogP contribution in [0.3, 0.4) is 0 Å². The van der Waals surface area contributed by atoms with Crippen LogP contribution in [-0.2, 0) is 6.54 Å². The van der Waals surface area contributed by atoms with Gasteiger partial charge in [0.05, 0.1) is 19.2 Å². The lowest BCUT2D eigenvalue weighted by atomic mass is 10.2. The van der Waals surface area contributed by atoms with E-state index in [0.29, 0.717) is 23.1 Å². The molecule has 0 atom stereocenters. The van der Waals surface area contributed by atoms with Crippen LogP contribution < -0.4 is 15.2 Å². The summed E-state index contributed by atoms with van der Waals surface area (Å²) in [6.45, 7) is 0.367. The topological polar surface area (TPSA) is 44.5 Å². The Morgan fingerprint density at radius 3 is 2.46 bits per heavy atom. The zero-order chi connectivity index (χ0) is 9.84. The molecule has 0 saturated heterocycles. The third-order valence-electron chi connectivity index (χ3n) is 1.76. The van der Waals surface area contributed by atoms with Gasteiger partial charge in [0.2, 0.25) is 0 Å². The maximum absolute atomic E-state index is 5.98. The van der Waals surface area contributed by atoms with Crippen LogP contribution in [0.5, 0.6) is 11.5 Å². The Balaban J connectivity index is 3.20. The van der Waals surface area contributed by atoms with Gasteiger partial charge in [0.1, 0.15) is 11.5 Å². The van der Waals surface area contributed by atoms with Gasteiger partial charge in [-0.1, -0.05) is 11.6 Å². The molecule has 0 unspecified atom stereocenters. The second-order valence-corrected chi connectivity index (χ2v) is 2.88. The quantitative estimate of drug-likeness (QED) is 0.812. The number of nitrogens with two attached hydrogens (primary N) is 1. The number of ether oxygens (including phenoxy) is 2.